The molecule has 0 radical (unpaired) electrons. The molecule has 0 spiro atoms. The van der Waals surface area contributed by atoms with E-state index in [9.17, 15) is 5.11 Å². The molecule has 126 valence electrons. The highest BCUT2D eigenvalue weighted by molar-refractivity contribution is 5.56. The van der Waals surface area contributed by atoms with Crippen LogP contribution in [0.5, 0.6) is 5.75 Å². The molecular formula is C17H16N6O2. The summed E-state index contributed by atoms with van der Waals surface area (Å²) in [6.45, 7) is 0.673. The van der Waals surface area contributed by atoms with Crippen LogP contribution in [0.25, 0.3) is 17.4 Å². The molecule has 0 atom stereocenters. The number of rotatable bonds is 5. The third-order valence-electron chi connectivity index (χ3n) is 3.74. The number of nitrogens with two attached hydrogens (primary N) is 1. The Balaban J connectivity index is 1.51. The van der Waals surface area contributed by atoms with E-state index in [0.717, 1.165) is 12.0 Å². The van der Waals surface area contributed by atoms with Gasteiger partial charge in [0.05, 0.1) is 6.26 Å². The van der Waals surface area contributed by atoms with Crippen molar-refractivity contribution in [1.82, 2.24) is 19.6 Å². The summed E-state index contributed by atoms with van der Waals surface area (Å²) in [5.41, 5.74) is 7.16. The van der Waals surface area contributed by atoms with E-state index in [1.54, 1.807) is 36.6 Å². The molecule has 1 aromatic carbocycles. The molecule has 3 heterocycles. The lowest BCUT2D eigenvalue weighted by Crippen LogP contribution is -2.09. The van der Waals surface area contributed by atoms with Crippen LogP contribution in [0.4, 0.5) is 11.6 Å². The molecule has 0 amide bonds. The smallest absolute Gasteiger partial charge is 0.256 e. The summed E-state index contributed by atoms with van der Waals surface area (Å²) < 4.78 is 6.78. The quantitative estimate of drug-likeness (QED) is 0.512. The molecule has 4 N–H and O–H groups in total. The van der Waals surface area contributed by atoms with Crippen molar-refractivity contribution in [2.75, 3.05) is 17.6 Å². The Kier molecular flexibility index (Phi) is 3.70. The molecule has 0 fully saturated rings. The summed E-state index contributed by atoms with van der Waals surface area (Å²) in [6.07, 6.45) is 2.35. The molecule has 8 nitrogen and oxygen atoms in total. The average Bonchev–Trinajstić information content (AvgIpc) is 3.26. The Bertz CT molecular complexity index is 992. The molecular weight excluding hydrogens is 320 g/mol. The van der Waals surface area contributed by atoms with Crippen LogP contribution in [-0.4, -0.2) is 31.2 Å². The maximum Gasteiger partial charge on any atom is 0.256 e. The first-order valence-corrected chi connectivity index (χ1v) is 7.78. The molecule has 0 saturated carbocycles. The Labute approximate surface area is 142 Å². The summed E-state index contributed by atoms with van der Waals surface area (Å²) in [7, 11) is 0. The van der Waals surface area contributed by atoms with Crippen molar-refractivity contribution in [2.24, 2.45) is 0 Å². The number of nitrogens with one attached hydrogen (secondary N) is 1. The van der Waals surface area contributed by atoms with Crippen LogP contribution in [0.2, 0.25) is 0 Å². The summed E-state index contributed by atoms with van der Waals surface area (Å²) >= 11 is 0. The van der Waals surface area contributed by atoms with Gasteiger partial charge in [-0.3, -0.25) is 0 Å². The zero-order chi connectivity index (χ0) is 17.2. The van der Waals surface area contributed by atoms with Crippen LogP contribution in [0.3, 0.4) is 0 Å². The summed E-state index contributed by atoms with van der Waals surface area (Å²) in [4.78, 5) is 8.78. The lowest BCUT2D eigenvalue weighted by Gasteiger charge is -2.07. The van der Waals surface area contributed by atoms with E-state index in [1.165, 1.54) is 4.52 Å². The van der Waals surface area contributed by atoms with Gasteiger partial charge in [-0.25, -0.2) is 0 Å². The van der Waals surface area contributed by atoms with Crippen LogP contribution in [0.1, 0.15) is 5.56 Å². The van der Waals surface area contributed by atoms with E-state index >= 15 is 0 Å². The molecule has 3 aromatic heterocycles. The van der Waals surface area contributed by atoms with Gasteiger partial charge in [0.1, 0.15) is 17.4 Å². The van der Waals surface area contributed by atoms with Crippen molar-refractivity contribution >= 4 is 17.4 Å². The molecule has 8 heteroatoms. The van der Waals surface area contributed by atoms with Crippen LogP contribution >= 0.6 is 0 Å². The van der Waals surface area contributed by atoms with Crippen molar-refractivity contribution in [3.63, 3.8) is 0 Å². The fraction of sp³-hybridized carbons (Fsp3) is 0.118. The molecule has 0 aliphatic rings. The maximum absolute atomic E-state index is 9.30. The number of phenols is 1. The second-order valence-electron chi connectivity index (χ2n) is 5.53. The van der Waals surface area contributed by atoms with Crippen LogP contribution in [0, 0.1) is 0 Å². The van der Waals surface area contributed by atoms with Gasteiger partial charge in [-0.2, -0.15) is 14.5 Å². The SMILES string of the molecule is Nc1cc(NCCc2ccc(O)cc2)nc2nc(-c3ccco3)nn12. The second-order valence-corrected chi connectivity index (χ2v) is 5.53. The van der Waals surface area contributed by atoms with E-state index in [4.69, 9.17) is 10.2 Å². The fourth-order valence-corrected chi connectivity index (χ4v) is 2.49. The number of fused-ring (bicyclic) bond motifs is 1. The summed E-state index contributed by atoms with van der Waals surface area (Å²) in [5.74, 6) is 2.72. The molecule has 0 bridgehead atoms. The Morgan fingerprint density at radius 1 is 1.16 bits per heavy atom. The van der Waals surface area contributed by atoms with Crippen LogP contribution < -0.4 is 11.1 Å². The zero-order valence-corrected chi connectivity index (χ0v) is 13.3. The number of aromatic hydroxyl groups is 1. The maximum atomic E-state index is 9.30. The zero-order valence-electron chi connectivity index (χ0n) is 13.3. The lowest BCUT2D eigenvalue weighted by atomic mass is 10.1. The number of anilines is 2. The highest BCUT2D eigenvalue weighted by atomic mass is 16.3. The minimum absolute atomic E-state index is 0.260. The van der Waals surface area contributed by atoms with Gasteiger partial charge in [-0.05, 0) is 36.2 Å². The van der Waals surface area contributed by atoms with E-state index in [2.05, 4.69) is 20.4 Å². The van der Waals surface area contributed by atoms with Gasteiger partial charge in [-0.1, -0.05) is 12.1 Å². The predicted octanol–water partition coefficient (Wildman–Crippen LogP) is 2.33. The minimum Gasteiger partial charge on any atom is -0.508 e. The summed E-state index contributed by atoms with van der Waals surface area (Å²) in [6, 6.07) is 12.4. The first kappa shape index (κ1) is 15.0. The molecule has 0 aliphatic heterocycles. The third kappa shape index (κ3) is 3.09. The van der Waals surface area contributed by atoms with Crippen LogP contribution in [-0.2, 0) is 6.42 Å². The van der Waals surface area contributed by atoms with Gasteiger partial charge < -0.3 is 20.6 Å². The normalized spacial score (nSPS) is 11.0. The van der Waals surface area contributed by atoms with Crippen molar-refractivity contribution < 1.29 is 9.52 Å². The number of furan rings is 1. The molecule has 0 aliphatic carbocycles. The van der Waals surface area contributed by atoms with Gasteiger partial charge in [0.15, 0.2) is 5.76 Å². The first-order chi connectivity index (χ1) is 12.2. The predicted molar refractivity (Wildman–Crippen MR) is 93.2 cm³/mol. The van der Waals surface area contributed by atoms with E-state index < -0.39 is 0 Å². The number of phenolic OH excluding ortho intramolecular Hbond substituents is 1. The highest BCUT2D eigenvalue weighted by Crippen LogP contribution is 2.19. The van der Waals surface area contributed by atoms with E-state index in [1.807, 2.05) is 12.1 Å². The van der Waals surface area contributed by atoms with Crippen molar-refractivity contribution in [1.29, 1.82) is 0 Å². The fourth-order valence-electron chi connectivity index (χ4n) is 2.49. The molecule has 0 saturated heterocycles. The Morgan fingerprint density at radius 2 is 2.00 bits per heavy atom. The van der Waals surface area contributed by atoms with E-state index in [-0.39, 0.29) is 5.75 Å². The number of hydrogen-bond acceptors (Lipinski definition) is 7. The molecule has 4 aromatic rings. The third-order valence-corrected chi connectivity index (χ3v) is 3.74. The van der Waals surface area contributed by atoms with Crippen LogP contribution in [0.15, 0.2) is 53.1 Å². The molecule has 0 unspecified atom stereocenters. The number of nitrogen functional groups attached to an aromatic ring is 1. The highest BCUT2D eigenvalue weighted by Gasteiger charge is 2.12. The number of nitrogens with zero attached hydrogens (tertiary/aromatic N) is 4. The van der Waals surface area contributed by atoms with E-state index in [0.29, 0.717) is 35.5 Å². The van der Waals surface area contributed by atoms with Gasteiger partial charge >= 0.3 is 0 Å². The lowest BCUT2D eigenvalue weighted by molar-refractivity contribution is 0.475. The standard InChI is InChI=1S/C17H16N6O2/c18-14-10-15(19-8-7-11-3-5-12(24)6-4-11)20-17-21-16(22-23(14)17)13-2-1-9-25-13/h1-6,9-10,24H,7-8,18H2,(H,19,20,21,22). The number of aromatic nitrogens is 4. The Hall–Kier alpha value is -3.55. The van der Waals surface area contributed by atoms with Gasteiger partial charge in [-0.15, -0.1) is 5.10 Å². The largest absolute Gasteiger partial charge is 0.508 e. The molecule has 4 rings (SSSR count). The second kappa shape index (κ2) is 6.16. The minimum atomic E-state index is 0.260. The van der Waals surface area contributed by atoms with Crippen molar-refractivity contribution in [3.8, 4) is 17.3 Å². The van der Waals surface area contributed by atoms with Gasteiger partial charge in [0, 0.05) is 12.6 Å². The van der Waals surface area contributed by atoms with Gasteiger partial charge in [0.2, 0.25) is 5.82 Å². The monoisotopic (exact) mass is 336 g/mol. The van der Waals surface area contributed by atoms with Crippen molar-refractivity contribution in [3.05, 3.63) is 54.3 Å². The van der Waals surface area contributed by atoms with Crippen molar-refractivity contribution in [2.45, 2.75) is 6.42 Å². The van der Waals surface area contributed by atoms with Gasteiger partial charge in [0.25, 0.3) is 5.78 Å². The number of hydrogen-bond donors (Lipinski definition) is 3. The average molecular weight is 336 g/mol. The molecule has 25 heavy (non-hydrogen) atoms. The topological polar surface area (TPSA) is 114 Å². The Morgan fingerprint density at radius 3 is 2.76 bits per heavy atom. The number of benzene rings is 1. The first-order valence-electron chi connectivity index (χ1n) is 7.78. The summed E-state index contributed by atoms with van der Waals surface area (Å²) in [5, 5.41) is 16.8.